The summed E-state index contributed by atoms with van der Waals surface area (Å²) in [7, 11) is 0. The van der Waals surface area contributed by atoms with E-state index in [9.17, 15) is 10.1 Å². The van der Waals surface area contributed by atoms with Gasteiger partial charge in [0, 0.05) is 11.8 Å². The highest BCUT2D eigenvalue weighted by molar-refractivity contribution is 14.1. The lowest BCUT2D eigenvalue weighted by Gasteiger charge is -2.19. The highest BCUT2D eigenvalue weighted by atomic mass is 127. The molecule has 2 aromatic carbocycles. The van der Waals surface area contributed by atoms with Gasteiger partial charge >= 0.3 is 0 Å². The minimum absolute atomic E-state index is 0.143. The molecular weight excluding hydrogens is 367 g/mol. The van der Waals surface area contributed by atoms with Crippen LogP contribution in [0.2, 0.25) is 0 Å². The van der Waals surface area contributed by atoms with E-state index in [2.05, 4.69) is 24.4 Å². The smallest absolute Gasteiger partial charge is 0.282 e. The zero-order valence-electron chi connectivity index (χ0n) is 11.0. The summed E-state index contributed by atoms with van der Waals surface area (Å²) in [5.41, 5.74) is 2.25. The van der Waals surface area contributed by atoms with Crippen LogP contribution in [0.1, 0.15) is 24.9 Å². The third-order valence-electron chi connectivity index (χ3n) is 3.10. The largest absolute Gasteiger partial charge is 0.378 e. The molecule has 20 heavy (non-hydrogen) atoms. The summed E-state index contributed by atoms with van der Waals surface area (Å²) >= 11 is 1.99. The summed E-state index contributed by atoms with van der Waals surface area (Å²) in [6.07, 6.45) is 0.942. The molecule has 4 nitrogen and oxygen atoms in total. The molecule has 2 aromatic rings. The summed E-state index contributed by atoms with van der Waals surface area (Å²) in [4.78, 5) is 10.5. The first-order valence-corrected chi connectivity index (χ1v) is 7.45. The molecule has 0 saturated carbocycles. The fraction of sp³-hybridized carbons (Fsp3) is 0.200. The Hall–Kier alpha value is -1.63. The van der Waals surface area contributed by atoms with Crippen LogP contribution in [0, 0.1) is 13.7 Å². The van der Waals surface area contributed by atoms with E-state index in [4.69, 9.17) is 0 Å². The van der Waals surface area contributed by atoms with Gasteiger partial charge in [-0.2, -0.15) is 0 Å². The maximum atomic E-state index is 10.8. The number of benzene rings is 2. The van der Waals surface area contributed by atoms with Gasteiger partial charge in [0.25, 0.3) is 5.69 Å². The van der Waals surface area contributed by atoms with E-state index in [-0.39, 0.29) is 16.7 Å². The minimum Gasteiger partial charge on any atom is -0.378 e. The molecular formula is C15H15IN2O2. The van der Waals surface area contributed by atoms with Crippen LogP contribution in [-0.2, 0) is 0 Å². The topological polar surface area (TPSA) is 55.2 Å². The fourth-order valence-corrected chi connectivity index (χ4v) is 2.76. The lowest BCUT2D eigenvalue weighted by molar-refractivity contribution is -0.385. The second kappa shape index (κ2) is 6.69. The molecule has 0 spiro atoms. The Balaban J connectivity index is 2.20. The van der Waals surface area contributed by atoms with Crippen molar-refractivity contribution in [2.75, 3.05) is 5.32 Å². The molecule has 0 aliphatic heterocycles. The maximum absolute atomic E-state index is 10.8. The summed E-state index contributed by atoms with van der Waals surface area (Å²) in [6, 6.07) is 15.5. The molecule has 2 rings (SSSR count). The number of rotatable bonds is 5. The number of nitro groups is 1. The van der Waals surface area contributed by atoms with Crippen LogP contribution in [0.25, 0.3) is 0 Å². The summed E-state index contributed by atoms with van der Waals surface area (Å²) < 4.78 is 0.639. The molecule has 0 fully saturated rings. The number of nitro benzene ring substituents is 1. The van der Waals surface area contributed by atoms with E-state index in [0.717, 1.165) is 12.1 Å². The molecule has 0 amide bonds. The van der Waals surface area contributed by atoms with E-state index < -0.39 is 0 Å². The van der Waals surface area contributed by atoms with Crippen molar-refractivity contribution >= 4 is 34.0 Å². The molecule has 0 saturated heterocycles. The van der Waals surface area contributed by atoms with Crippen LogP contribution in [0.5, 0.6) is 0 Å². The van der Waals surface area contributed by atoms with Crippen molar-refractivity contribution in [1.29, 1.82) is 0 Å². The molecule has 0 bridgehead atoms. The zero-order chi connectivity index (χ0) is 14.5. The second-order valence-electron chi connectivity index (χ2n) is 4.44. The third kappa shape index (κ3) is 3.47. The van der Waals surface area contributed by atoms with Gasteiger partial charge in [0.2, 0.25) is 0 Å². The van der Waals surface area contributed by atoms with Gasteiger partial charge in [-0.3, -0.25) is 10.1 Å². The van der Waals surface area contributed by atoms with Crippen LogP contribution in [-0.4, -0.2) is 4.92 Å². The summed E-state index contributed by atoms with van der Waals surface area (Å²) in [5.74, 6) is 0. The van der Waals surface area contributed by atoms with Gasteiger partial charge in [0.05, 0.1) is 14.5 Å². The number of anilines is 1. The van der Waals surface area contributed by atoms with E-state index in [1.54, 1.807) is 12.1 Å². The molecule has 0 radical (unpaired) electrons. The zero-order valence-corrected chi connectivity index (χ0v) is 13.2. The Morgan fingerprint density at radius 3 is 2.50 bits per heavy atom. The Kier molecular flexibility index (Phi) is 4.94. The van der Waals surface area contributed by atoms with Crippen LogP contribution in [0.4, 0.5) is 11.4 Å². The SMILES string of the molecule is CCC(Nc1ccc([N+](=O)[O-])c(I)c1)c1ccccc1. The normalized spacial score (nSPS) is 11.9. The highest BCUT2D eigenvalue weighted by Gasteiger charge is 2.13. The summed E-state index contributed by atoms with van der Waals surface area (Å²) in [6.45, 7) is 2.11. The van der Waals surface area contributed by atoms with Gasteiger partial charge in [-0.25, -0.2) is 0 Å². The van der Waals surface area contributed by atoms with Gasteiger partial charge in [-0.15, -0.1) is 0 Å². The van der Waals surface area contributed by atoms with Crippen molar-refractivity contribution in [1.82, 2.24) is 0 Å². The van der Waals surface area contributed by atoms with Crippen LogP contribution in [0.3, 0.4) is 0 Å². The van der Waals surface area contributed by atoms with Crippen molar-refractivity contribution in [2.24, 2.45) is 0 Å². The minimum atomic E-state index is -0.361. The van der Waals surface area contributed by atoms with E-state index >= 15 is 0 Å². The van der Waals surface area contributed by atoms with Crippen LogP contribution < -0.4 is 5.32 Å². The first-order valence-electron chi connectivity index (χ1n) is 6.37. The molecule has 104 valence electrons. The molecule has 0 heterocycles. The van der Waals surface area contributed by atoms with Crippen molar-refractivity contribution in [3.05, 3.63) is 67.8 Å². The van der Waals surface area contributed by atoms with Crippen molar-refractivity contribution in [3.63, 3.8) is 0 Å². The lowest BCUT2D eigenvalue weighted by Crippen LogP contribution is -2.09. The van der Waals surface area contributed by atoms with Gasteiger partial charge in [0.1, 0.15) is 0 Å². The quantitative estimate of drug-likeness (QED) is 0.461. The Bertz CT molecular complexity index is 602. The first-order chi connectivity index (χ1) is 9.61. The number of halogens is 1. The highest BCUT2D eigenvalue weighted by Crippen LogP contribution is 2.27. The monoisotopic (exact) mass is 382 g/mol. The predicted molar refractivity (Wildman–Crippen MR) is 88.9 cm³/mol. The summed E-state index contributed by atoms with van der Waals surface area (Å²) in [5, 5.41) is 14.2. The van der Waals surface area contributed by atoms with E-state index in [1.807, 2.05) is 46.9 Å². The van der Waals surface area contributed by atoms with E-state index in [1.165, 1.54) is 5.56 Å². The molecule has 1 unspecified atom stereocenters. The second-order valence-corrected chi connectivity index (χ2v) is 5.60. The first kappa shape index (κ1) is 14.8. The van der Waals surface area contributed by atoms with Crippen LogP contribution in [0.15, 0.2) is 48.5 Å². The van der Waals surface area contributed by atoms with Crippen molar-refractivity contribution < 1.29 is 4.92 Å². The van der Waals surface area contributed by atoms with Crippen molar-refractivity contribution in [3.8, 4) is 0 Å². The molecule has 5 heteroatoms. The molecule has 1 N–H and O–H groups in total. The average molecular weight is 382 g/mol. The number of hydrogen-bond donors (Lipinski definition) is 1. The van der Waals surface area contributed by atoms with Gasteiger partial charge in [-0.1, -0.05) is 37.3 Å². The lowest BCUT2D eigenvalue weighted by atomic mass is 10.0. The third-order valence-corrected chi connectivity index (χ3v) is 3.96. The molecule has 0 aliphatic rings. The molecule has 0 aromatic heterocycles. The number of nitrogens with one attached hydrogen (secondary N) is 1. The fourth-order valence-electron chi connectivity index (χ4n) is 2.05. The Labute approximate surface area is 131 Å². The van der Waals surface area contributed by atoms with E-state index in [0.29, 0.717) is 3.57 Å². The number of nitrogens with zero attached hydrogens (tertiary/aromatic N) is 1. The average Bonchev–Trinajstić information content (AvgIpc) is 2.45. The standard InChI is InChI=1S/C15H15IN2O2/c1-2-14(11-6-4-3-5-7-11)17-12-8-9-15(18(19)20)13(16)10-12/h3-10,14,17H,2H2,1H3. The van der Waals surface area contributed by atoms with Crippen LogP contribution >= 0.6 is 22.6 Å². The molecule has 1 atom stereocenters. The predicted octanol–water partition coefficient (Wildman–Crippen LogP) is 4.76. The van der Waals surface area contributed by atoms with Gasteiger partial charge in [-0.05, 0) is 46.7 Å². The maximum Gasteiger partial charge on any atom is 0.282 e. The number of hydrogen-bond acceptors (Lipinski definition) is 3. The Morgan fingerprint density at radius 2 is 1.95 bits per heavy atom. The van der Waals surface area contributed by atoms with Gasteiger partial charge in [0.15, 0.2) is 0 Å². The van der Waals surface area contributed by atoms with Gasteiger partial charge < -0.3 is 5.32 Å². The Morgan fingerprint density at radius 1 is 1.25 bits per heavy atom. The van der Waals surface area contributed by atoms with Crippen molar-refractivity contribution in [2.45, 2.75) is 19.4 Å². The molecule has 0 aliphatic carbocycles.